The summed E-state index contributed by atoms with van der Waals surface area (Å²) in [7, 11) is 0. The lowest BCUT2D eigenvalue weighted by Crippen LogP contribution is -2.54. The summed E-state index contributed by atoms with van der Waals surface area (Å²) in [6.45, 7) is 14.9. The molecule has 0 saturated carbocycles. The average molecular weight is 410 g/mol. The van der Waals surface area contributed by atoms with Crippen molar-refractivity contribution in [3.63, 3.8) is 0 Å². The number of nitrogens with one attached hydrogen (secondary N) is 1. The van der Waals surface area contributed by atoms with Crippen LogP contribution in [0.25, 0.3) is 0 Å². The number of amides is 4. The summed E-state index contributed by atoms with van der Waals surface area (Å²) in [5.41, 5.74) is 0. The molecule has 0 spiro atoms. The molecular formula is C21H39N5O3. The SMILES string of the molecule is CCN(CC)C(=O)CCNC(=O)N1CCN(CC(=O)N2C[C@H](C)C[C@H](C)C2)CC1. The van der Waals surface area contributed by atoms with Gasteiger partial charge < -0.3 is 20.0 Å². The molecule has 29 heavy (non-hydrogen) atoms. The van der Waals surface area contributed by atoms with Gasteiger partial charge in [0.05, 0.1) is 6.54 Å². The molecule has 0 aliphatic carbocycles. The summed E-state index contributed by atoms with van der Waals surface area (Å²) >= 11 is 0. The van der Waals surface area contributed by atoms with E-state index in [1.54, 1.807) is 9.80 Å². The molecule has 0 unspecified atom stereocenters. The van der Waals surface area contributed by atoms with Crippen molar-refractivity contribution < 1.29 is 14.4 Å². The van der Waals surface area contributed by atoms with Gasteiger partial charge in [-0.2, -0.15) is 0 Å². The Morgan fingerprint density at radius 3 is 2.07 bits per heavy atom. The number of likely N-dealkylation sites (tertiary alicyclic amines) is 1. The van der Waals surface area contributed by atoms with Crippen LogP contribution in [0.1, 0.15) is 40.5 Å². The highest BCUT2D eigenvalue weighted by molar-refractivity contribution is 5.79. The van der Waals surface area contributed by atoms with Gasteiger partial charge in [0.25, 0.3) is 0 Å². The van der Waals surface area contributed by atoms with Crippen LogP contribution in [0.4, 0.5) is 4.79 Å². The number of rotatable bonds is 7. The largest absolute Gasteiger partial charge is 0.343 e. The minimum atomic E-state index is -0.123. The summed E-state index contributed by atoms with van der Waals surface area (Å²) in [6, 6.07) is -0.123. The van der Waals surface area contributed by atoms with Crippen molar-refractivity contribution in [2.75, 3.05) is 65.4 Å². The zero-order valence-corrected chi connectivity index (χ0v) is 18.7. The van der Waals surface area contributed by atoms with Gasteiger partial charge in [0.2, 0.25) is 11.8 Å². The number of carbonyl (C=O) groups is 3. The minimum Gasteiger partial charge on any atom is -0.343 e. The van der Waals surface area contributed by atoms with Gasteiger partial charge in [-0.1, -0.05) is 13.8 Å². The smallest absolute Gasteiger partial charge is 0.317 e. The van der Waals surface area contributed by atoms with Crippen LogP contribution in [0.2, 0.25) is 0 Å². The molecule has 0 radical (unpaired) electrons. The Kier molecular flexibility index (Phi) is 9.20. The van der Waals surface area contributed by atoms with Crippen LogP contribution in [-0.2, 0) is 9.59 Å². The van der Waals surface area contributed by atoms with E-state index in [1.807, 2.05) is 18.7 Å². The molecule has 2 heterocycles. The van der Waals surface area contributed by atoms with E-state index in [9.17, 15) is 14.4 Å². The Balaban J connectivity index is 1.67. The quantitative estimate of drug-likeness (QED) is 0.683. The molecule has 1 N–H and O–H groups in total. The van der Waals surface area contributed by atoms with Gasteiger partial charge in [0, 0.05) is 65.3 Å². The molecule has 166 valence electrons. The van der Waals surface area contributed by atoms with Crippen molar-refractivity contribution in [3.05, 3.63) is 0 Å². The fraction of sp³-hybridized carbons (Fsp3) is 0.857. The highest BCUT2D eigenvalue weighted by Crippen LogP contribution is 2.21. The van der Waals surface area contributed by atoms with Gasteiger partial charge in [0.1, 0.15) is 0 Å². The van der Waals surface area contributed by atoms with Gasteiger partial charge in [0.15, 0.2) is 0 Å². The molecule has 0 aromatic rings. The van der Waals surface area contributed by atoms with Gasteiger partial charge in [-0.15, -0.1) is 0 Å². The minimum absolute atomic E-state index is 0.0694. The van der Waals surface area contributed by atoms with Crippen molar-refractivity contribution in [1.29, 1.82) is 0 Å². The number of hydrogen-bond donors (Lipinski definition) is 1. The molecule has 8 nitrogen and oxygen atoms in total. The van der Waals surface area contributed by atoms with Gasteiger partial charge >= 0.3 is 6.03 Å². The molecular weight excluding hydrogens is 370 g/mol. The molecule has 4 amide bonds. The van der Waals surface area contributed by atoms with E-state index >= 15 is 0 Å². The standard InChI is InChI=1S/C21H39N5O3/c1-5-24(6-2)19(27)7-8-22-21(29)25-11-9-23(10-12-25)16-20(28)26-14-17(3)13-18(4)15-26/h17-18H,5-16H2,1-4H3,(H,22,29)/t17-,18+. The van der Waals surface area contributed by atoms with Gasteiger partial charge in [-0.05, 0) is 32.1 Å². The second-order valence-corrected chi connectivity index (χ2v) is 8.56. The topological polar surface area (TPSA) is 76.2 Å². The lowest BCUT2D eigenvalue weighted by atomic mass is 9.92. The average Bonchev–Trinajstić information content (AvgIpc) is 2.68. The normalized spacial score (nSPS) is 23.0. The number of nitrogens with zero attached hydrogens (tertiary/aromatic N) is 4. The number of hydrogen-bond acceptors (Lipinski definition) is 4. The molecule has 0 bridgehead atoms. The maximum atomic E-state index is 12.6. The molecule has 2 fully saturated rings. The lowest BCUT2D eigenvalue weighted by molar-refractivity contribution is -0.135. The van der Waals surface area contributed by atoms with Crippen LogP contribution in [0.5, 0.6) is 0 Å². The van der Waals surface area contributed by atoms with Crippen molar-refractivity contribution in [2.24, 2.45) is 11.8 Å². The van der Waals surface area contributed by atoms with Crippen LogP contribution >= 0.6 is 0 Å². The van der Waals surface area contributed by atoms with Crippen LogP contribution in [0.3, 0.4) is 0 Å². The predicted molar refractivity (Wildman–Crippen MR) is 113 cm³/mol. The molecule has 2 saturated heterocycles. The zero-order valence-electron chi connectivity index (χ0n) is 18.7. The highest BCUT2D eigenvalue weighted by atomic mass is 16.2. The summed E-state index contributed by atoms with van der Waals surface area (Å²) in [6.07, 6.45) is 1.52. The molecule has 2 aliphatic rings. The molecule has 8 heteroatoms. The third kappa shape index (κ3) is 7.17. The first-order chi connectivity index (χ1) is 13.8. The fourth-order valence-corrected chi connectivity index (χ4v) is 4.39. The first-order valence-corrected chi connectivity index (χ1v) is 11.1. The molecule has 0 aromatic heterocycles. The second kappa shape index (κ2) is 11.4. The van der Waals surface area contributed by atoms with Crippen LogP contribution in [0.15, 0.2) is 0 Å². The van der Waals surface area contributed by atoms with E-state index < -0.39 is 0 Å². The third-order valence-electron chi connectivity index (χ3n) is 5.97. The Labute approximate surface area is 175 Å². The van der Waals surface area contributed by atoms with Crippen molar-refractivity contribution in [1.82, 2.24) is 24.9 Å². The molecule has 2 atom stereocenters. The summed E-state index contributed by atoms with van der Waals surface area (Å²) in [5, 5.41) is 2.85. The third-order valence-corrected chi connectivity index (χ3v) is 5.97. The van der Waals surface area contributed by atoms with Crippen molar-refractivity contribution >= 4 is 17.8 Å². The van der Waals surface area contributed by atoms with E-state index in [-0.39, 0.29) is 17.8 Å². The van der Waals surface area contributed by atoms with E-state index in [1.165, 1.54) is 6.42 Å². The van der Waals surface area contributed by atoms with Crippen molar-refractivity contribution in [3.8, 4) is 0 Å². The van der Waals surface area contributed by atoms with E-state index in [4.69, 9.17) is 0 Å². The Morgan fingerprint density at radius 2 is 1.52 bits per heavy atom. The molecule has 2 aliphatic heterocycles. The summed E-state index contributed by atoms with van der Waals surface area (Å²) in [5.74, 6) is 1.41. The maximum absolute atomic E-state index is 12.6. The zero-order chi connectivity index (χ0) is 21.4. The summed E-state index contributed by atoms with van der Waals surface area (Å²) in [4.78, 5) is 44.7. The van der Waals surface area contributed by atoms with Gasteiger partial charge in [-0.25, -0.2) is 4.79 Å². The first kappa shape index (κ1) is 23.4. The summed E-state index contributed by atoms with van der Waals surface area (Å²) < 4.78 is 0. The maximum Gasteiger partial charge on any atom is 0.317 e. The van der Waals surface area contributed by atoms with Crippen LogP contribution in [0, 0.1) is 11.8 Å². The van der Waals surface area contributed by atoms with Crippen LogP contribution in [-0.4, -0.2) is 103 Å². The second-order valence-electron chi connectivity index (χ2n) is 8.56. The molecule has 0 aromatic carbocycles. The first-order valence-electron chi connectivity index (χ1n) is 11.1. The van der Waals surface area contributed by atoms with E-state index in [0.717, 1.165) is 13.1 Å². The Morgan fingerprint density at radius 1 is 0.931 bits per heavy atom. The van der Waals surface area contributed by atoms with E-state index in [2.05, 4.69) is 24.1 Å². The van der Waals surface area contributed by atoms with Crippen molar-refractivity contribution in [2.45, 2.75) is 40.5 Å². The number of piperidine rings is 1. The monoisotopic (exact) mass is 409 g/mol. The van der Waals surface area contributed by atoms with Gasteiger partial charge in [-0.3, -0.25) is 14.5 Å². The highest BCUT2D eigenvalue weighted by Gasteiger charge is 2.28. The van der Waals surface area contributed by atoms with Crippen LogP contribution < -0.4 is 5.32 Å². The Bertz CT molecular complexity index is 549. The lowest BCUT2D eigenvalue weighted by Gasteiger charge is -2.38. The predicted octanol–water partition coefficient (Wildman–Crippen LogP) is 1.08. The van der Waals surface area contributed by atoms with E-state index in [0.29, 0.717) is 70.6 Å². The molecule has 2 rings (SSSR count). The Hall–Kier alpha value is -1.83. The fourth-order valence-electron chi connectivity index (χ4n) is 4.39. The number of carbonyl (C=O) groups excluding carboxylic acids is 3. The number of piperazine rings is 1. The number of urea groups is 1.